The first-order valence-electron chi connectivity index (χ1n) is 3.51. The topological polar surface area (TPSA) is 0 Å². The highest BCUT2D eigenvalue weighted by molar-refractivity contribution is 14.1. The first-order valence-corrected chi connectivity index (χ1v) is 5.85. The van der Waals surface area contributed by atoms with Crippen molar-refractivity contribution in [3.05, 3.63) is 31.7 Å². The Morgan fingerprint density at radius 2 is 2.17 bits per heavy atom. The minimum Gasteiger partial charge on any atom is -0.141 e. The predicted octanol–water partition coefficient (Wildman–Crippen LogP) is 4.47. The molecule has 0 fully saturated rings. The highest BCUT2D eigenvalue weighted by Crippen LogP contribution is 2.33. The molecular weight excluding hydrogens is 303 g/mol. The lowest BCUT2D eigenvalue weighted by molar-refractivity contribution is 1.51. The third-order valence-electron chi connectivity index (χ3n) is 1.73. The Kier molecular flexibility index (Phi) is 2.31. The first-order chi connectivity index (χ1) is 5.68. The molecule has 0 unspecified atom stereocenters. The SMILES string of the molecule is Cc1cc(Cl)c2scc(I)c2c1. The molecule has 0 N–H and O–H groups in total. The number of rotatable bonds is 0. The normalized spacial score (nSPS) is 10.9. The van der Waals surface area contributed by atoms with Gasteiger partial charge < -0.3 is 0 Å². The van der Waals surface area contributed by atoms with Crippen LogP contribution in [0.5, 0.6) is 0 Å². The number of benzene rings is 1. The van der Waals surface area contributed by atoms with Crippen LogP contribution in [-0.4, -0.2) is 0 Å². The standard InChI is InChI=1S/C9H6ClIS/c1-5-2-6-8(11)4-12-9(6)7(10)3-5/h2-4H,1H3. The molecule has 0 aliphatic heterocycles. The van der Waals surface area contributed by atoms with Crippen LogP contribution in [0.3, 0.4) is 0 Å². The van der Waals surface area contributed by atoms with Crippen LogP contribution in [0, 0.1) is 10.5 Å². The largest absolute Gasteiger partial charge is 0.141 e. The summed E-state index contributed by atoms with van der Waals surface area (Å²) in [6, 6.07) is 4.19. The van der Waals surface area contributed by atoms with Gasteiger partial charge in [-0.2, -0.15) is 0 Å². The van der Waals surface area contributed by atoms with Crippen LogP contribution in [-0.2, 0) is 0 Å². The summed E-state index contributed by atoms with van der Waals surface area (Å²) in [6.45, 7) is 2.07. The summed E-state index contributed by atoms with van der Waals surface area (Å²) in [4.78, 5) is 0. The lowest BCUT2D eigenvalue weighted by atomic mass is 10.2. The van der Waals surface area contributed by atoms with Crippen molar-refractivity contribution in [3.63, 3.8) is 0 Å². The lowest BCUT2D eigenvalue weighted by Crippen LogP contribution is -1.73. The Hall–Kier alpha value is 0.200. The molecular formula is C9H6ClIS. The smallest absolute Gasteiger partial charge is 0.0587 e. The molecule has 2 aromatic rings. The van der Waals surface area contributed by atoms with Crippen LogP contribution in [0.15, 0.2) is 17.5 Å². The molecule has 0 bridgehead atoms. The van der Waals surface area contributed by atoms with Crippen LogP contribution in [0.4, 0.5) is 0 Å². The molecule has 1 aromatic carbocycles. The van der Waals surface area contributed by atoms with E-state index in [9.17, 15) is 0 Å². The molecule has 1 heterocycles. The van der Waals surface area contributed by atoms with Gasteiger partial charge in [0.2, 0.25) is 0 Å². The molecule has 62 valence electrons. The van der Waals surface area contributed by atoms with Crippen molar-refractivity contribution in [2.24, 2.45) is 0 Å². The van der Waals surface area contributed by atoms with Crippen LogP contribution in [0.2, 0.25) is 5.02 Å². The minimum absolute atomic E-state index is 0.873. The van der Waals surface area contributed by atoms with E-state index in [1.807, 2.05) is 6.07 Å². The van der Waals surface area contributed by atoms with Gasteiger partial charge in [0.25, 0.3) is 0 Å². The molecule has 0 amide bonds. The number of hydrogen-bond donors (Lipinski definition) is 0. The maximum absolute atomic E-state index is 6.08. The van der Waals surface area contributed by atoms with Gasteiger partial charge in [-0.1, -0.05) is 11.6 Å². The van der Waals surface area contributed by atoms with E-state index in [0.29, 0.717) is 0 Å². The van der Waals surface area contributed by atoms with Crippen molar-refractivity contribution >= 4 is 55.6 Å². The van der Waals surface area contributed by atoms with Crippen molar-refractivity contribution < 1.29 is 0 Å². The third kappa shape index (κ3) is 1.36. The van der Waals surface area contributed by atoms with Gasteiger partial charge in [0.15, 0.2) is 0 Å². The van der Waals surface area contributed by atoms with Crippen LogP contribution >= 0.6 is 45.5 Å². The fourth-order valence-electron chi connectivity index (χ4n) is 1.20. The van der Waals surface area contributed by atoms with Gasteiger partial charge in [0, 0.05) is 14.3 Å². The minimum atomic E-state index is 0.873. The Balaban J connectivity index is 2.92. The van der Waals surface area contributed by atoms with E-state index >= 15 is 0 Å². The van der Waals surface area contributed by atoms with Gasteiger partial charge >= 0.3 is 0 Å². The van der Waals surface area contributed by atoms with Gasteiger partial charge in [-0.05, 0) is 47.2 Å². The quantitative estimate of drug-likeness (QED) is 0.630. The number of aryl methyl sites for hydroxylation is 1. The number of halogens is 2. The molecule has 1 aromatic heterocycles. The van der Waals surface area contributed by atoms with Crippen LogP contribution < -0.4 is 0 Å². The zero-order chi connectivity index (χ0) is 8.72. The number of hydrogen-bond acceptors (Lipinski definition) is 1. The van der Waals surface area contributed by atoms with E-state index in [2.05, 4.69) is 41.0 Å². The van der Waals surface area contributed by atoms with E-state index in [1.165, 1.54) is 19.2 Å². The summed E-state index contributed by atoms with van der Waals surface area (Å²) in [5.41, 5.74) is 1.23. The molecule has 0 saturated heterocycles. The molecule has 0 aliphatic carbocycles. The number of thiophene rings is 1. The van der Waals surface area contributed by atoms with Crippen LogP contribution in [0.1, 0.15) is 5.56 Å². The summed E-state index contributed by atoms with van der Waals surface area (Å²) in [5.74, 6) is 0. The van der Waals surface area contributed by atoms with E-state index in [0.717, 1.165) is 5.02 Å². The van der Waals surface area contributed by atoms with E-state index < -0.39 is 0 Å². The summed E-state index contributed by atoms with van der Waals surface area (Å²) in [5, 5.41) is 4.29. The molecule has 0 aliphatic rings. The van der Waals surface area contributed by atoms with Gasteiger partial charge in [-0.15, -0.1) is 11.3 Å². The van der Waals surface area contributed by atoms with Crippen molar-refractivity contribution in [2.75, 3.05) is 0 Å². The molecule has 2 rings (SSSR count). The fourth-order valence-corrected chi connectivity index (χ4v) is 3.41. The number of fused-ring (bicyclic) bond motifs is 1. The Bertz CT molecular complexity index is 433. The second kappa shape index (κ2) is 3.16. The lowest BCUT2D eigenvalue weighted by Gasteiger charge is -1.96. The monoisotopic (exact) mass is 308 g/mol. The molecule has 3 heteroatoms. The first kappa shape index (κ1) is 8.78. The predicted molar refractivity (Wildman–Crippen MR) is 64.3 cm³/mol. The second-order valence-corrected chi connectivity index (χ2v) is 5.16. The maximum atomic E-state index is 6.08. The zero-order valence-electron chi connectivity index (χ0n) is 6.40. The Morgan fingerprint density at radius 1 is 1.42 bits per heavy atom. The Labute approximate surface area is 93.7 Å². The average Bonchev–Trinajstić information content (AvgIpc) is 2.33. The molecule has 0 saturated carbocycles. The molecule has 0 spiro atoms. The highest BCUT2D eigenvalue weighted by Gasteiger charge is 2.05. The third-order valence-corrected chi connectivity index (χ3v) is 4.48. The van der Waals surface area contributed by atoms with Crippen molar-refractivity contribution in [3.8, 4) is 0 Å². The van der Waals surface area contributed by atoms with E-state index in [4.69, 9.17) is 11.6 Å². The Morgan fingerprint density at radius 3 is 2.92 bits per heavy atom. The van der Waals surface area contributed by atoms with E-state index in [-0.39, 0.29) is 0 Å². The average molecular weight is 309 g/mol. The summed E-state index contributed by atoms with van der Waals surface area (Å²) < 4.78 is 2.49. The molecule has 0 nitrogen and oxygen atoms in total. The van der Waals surface area contributed by atoms with Crippen molar-refractivity contribution in [1.29, 1.82) is 0 Å². The van der Waals surface area contributed by atoms with Gasteiger partial charge in [-0.3, -0.25) is 0 Å². The van der Waals surface area contributed by atoms with Crippen LogP contribution in [0.25, 0.3) is 10.1 Å². The highest BCUT2D eigenvalue weighted by atomic mass is 127. The van der Waals surface area contributed by atoms with E-state index in [1.54, 1.807) is 11.3 Å². The fraction of sp³-hybridized carbons (Fsp3) is 0.111. The summed E-state index contributed by atoms with van der Waals surface area (Å²) in [6.07, 6.45) is 0. The summed E-state index contributed by atoms with van der Waals surface area (Å²) >= 11 is 10.1. The molecule has 0 atom stereocenters. The zero-order valence-corrected chi connectivity index (χ0v) is 10.1. The van der Waals surface area contributed by atoms with Crippen molar-refractivity contribution in [2.45, 2.75) is 6.92 Å². The summed E-state index contributed by atoms with van der Waals surface area (Å²) in [7, 11) is 0. The molecule has 12 heavy (non-hydrogen) atoms. The maximum Gasteiger partial charge on any atom is 0.0587 e. The van der Waals surface area contributed by atoms with Gasteiger partial charge in [-0.25, -0.2) is 0 Å². The second-order valence-electron chi connectivity index (χ2n) is 2.71. The van der Waals surface area contributed by atoms with Gasteiger partial charge in [0.1, 0.15) is 0 Å². The molecule has 0 radical (unpaired) electrons. The van der Waals surface area contributed by atoms with Crippen molar-refractivity contribution in [1.82, 2.24) is 0 Å². The van der Waals surface area contributed by atoms with Gasteiger partial charge in [0.05, 0.1) is 9.72 Å².